The van der Waals surface area contributed by atoms with Gasteiger partial charge in [0.05, 0.1) is 10.7 Å². The molecular weight excluding hydrogens is 308 g/mol. The van der Waals surface area contributed by atoms with Gasteiger partial charge in [-0.05, 0) is 11.6 Å². The molecule has 0 radical (unpaired) electrons. The van der Waals surface area contributed by atoms with Crippen molar-refractivity contribution in [1.29, 1.82) is 0 Å². The fraction of sp³-hybridized carbons (Fsp3) is 0. The second-order valence-electron chi connectivity index (χ2n) is 3.42. The minimum Gasteiger partial charge on any atom is -0.477 e. The van der Waals surface area contributed by atoms with Crippen molar-refractivity contribution in [1.82, 2.24) is 0 Å². The first kappa shape index (κ1) is 15.9. The summed E-state index contributed by atoms with van der Waals surface area (Å²) in [6.45, 7) is 0. The highest BCUT2D eigenvalue weighted by atomic mass is 35.7. The van der Waals surface area contributed by atoms with Gasteiger partial charge in [0.25, 0.3) is 0 Å². The second-order valence-corrected chi connectivity index (χ2v) is 5.51. The van der Waals surface area contributed by atoms with Crippen LogP contribution in [0.2, 0.25) is 0 Å². The number of hydrogen-bond acceptors (Lipinski definition) is 5. The largest absolute Gasteiger partial charge is 0.477 e. The third-order valence-corrected chi connectivity index (χ3v) is 2.52. The molecule has 0 heterocycles. The van der Waals surface area contributed by atoms with Crippen molar-refractivity contribution in [3.63, 3.8) is 0 Å². The molecule has 0 aliphatic carbocycles. The van der Waals surface area contributed by atoms with Crippen LogP contribution in [-0.2, 0) is 23.1 Å². The normalized spacial score (nSPS) is 12.3. The first-order chi connectivity index (χ1) is 9.29. The number of carboxylic acid groups (broad SMARTS) is 1. The molecule has 1 aromatic rings. The molecule has 1 rings (SSSR count). The van der Waals surface area contributed by atoms with E-state index < -0.39 is 26.8 Å². The number of halogens is 1. The van der Waals surface area contributed by atoms with Crippen LogP contribution in [0.25, 0.3) is 6.08 Å². The molecule has 0 bridgehead atoms. The predicted molar refractivity (Wildman–Crippen MR) is 72.1 cm³/mol. The quantitative estimate of drug-likeness (QED) is 0.292. The van der Waals surface area contributed by atoms with Crippen molar-refractivity contribution in [2.45, 2.75) is 0 Å². The Morgan fingerprint density at radius 3 is 2.30 bits per heavy atom. The lowest BCUT2D eigenvalue weighted by Gasteiger charge is -1.99. The Bertz CT molecular complexity index is 660. The van der Waals surface area contributed by atoms with Gasteiger partial charge < -0.3 is 9.29 Å². The third-order valence-electron chi connectivity index (χ3n) is 1.98. The predicted octanol–water partition coefficient (Wildman–Crippen LogP) is 1.74. The van der Waals surface area contributed by atoms with Gasteiger partial charge in [-0.2, -0.15) is 8.42 Å². The van der Waals surface area contributed by atoms with E-state index in [2.05, 4.69) is 4.18 Å². The number of rotatable bonds is 5. The second kappa shape index (κ2) is 6.88. The third kappa shape index (κ3) is 5.68. The van der Waals surface area contributed by atoms with E-state index in [4.69, 9.17) is 15.8 Å². The molecule has 106 valence electrons. The zero-order chi connectivity index (χ0) is 15.2. The fourth-order valence-electron chi connectivity index (χ4n) is 1.18. The van der Waals surface area contributed by atoms with Crippen molar-refractivity contribution in [2.75, 3.05) is 0 Å². The van der Waals surface area contributed by atoms with Crippen molar-refractivity contribution in [3.8, 4) is 0 Å². The fourth-order valence-corrected chi connectivity index (χ4v) is 1.62. The van der Waals surface area contributed by atoms with Gasteiger partial charge in [-0.1, -0.05) is 42.5 Å². The van der Waals surface area contributed by atoms with Crippen LogP contribution < -0.4 is 0 Å². The number of carbonyl (C=O) groups excluding carboxylic acids is 1. The average Bonchev–Trinajstić information content (AvgIpc) is 2.33. The van der Waals surface area contributed by atoms with Crippen LogP contribution in [-0.4, -0.2) is 25.5 Å². The molecule has 0 fully saturated rings. The number of aliphatic carboxylic acids is 1. The molecule has 6 nitrogen and oxygen atoms in total. The Morgan fingerprint density at radius 2 is 1.80 bits per heavy atom. The van der Waals surface area contributed by atoms with Crippen molar-refractivity contribution < 1.29 is 27.3 Å². The zero-order valence-corrected chi connectivity index (χ0v) is 11.5. The number of carboxylic acids is 1. The molecule has 0 aliphatic heterocycles. The summed E-state index contributed by atoms with van der Waals surface area (Å²) in [5, 5.41) is 8.80. The zero-order valence-electron chi connectivity index (χ0n) is 9.89. The van der Waals surface area contributed by atoms with Crippen LogP contribution in [0.4, 0.5) is 0 Å². The molecule has 0 atom stereocenters. The van der Waals surface area contributed by atoms with E-state index in [0.717, 1.165) is 11.6 Å². The Kier molecular flexibility index (Phi) is 5.48. The summed E-state index contributed by atoms with van der Waals surface area (Å²) < 4.78 is 24.9. The van der Waals surface area contributed by atoms with Gasteiger partial charge in [0, 0.05) is 0 Å². The molecule has 0 spiro atoms. The topological polar surface area (TPSA) is 97.7 Å². The summed E-state index contributed by atoms with van der Waals surface area (Å²) in [5.74, 6) is -3.20. The number of carbonyl (C=O) groups is 2. The lowest BCUT2D eigenvalue weighted by molar-refractivity contribution is -0.138. The molecule has 0 amide bonds. The Balaban J connectivity index is 2.92. The summed E-state index contributed by atoms with van der Waals surface area (Å²) >= 11 is 0. The Labute approximate surface area is 119 Å². The van der Waals surface area contributed by atoms with Crippen LogP contribution in [0.5, 0.6) is 0 Å². The van der Waals surface area contributed by atoms with Gasteiger partial charge in [0.15, 0.2) is 0 Å². The maximum Gasteiger partial charge on any atom is 0.404 e. The van der Waals surface area contributed by atoms with Crippen LogP contribution in [0.15, 0.2) is 48.1 Å². The summed E-state index contributed by atoms with van der Waals surface area (Å²) in [7, 11) is 0.113. The molecule has 20 heavy (non-hydrogen) atoms. The minimum atomic E-state index is -4.58. The summed E-state index contributed by atoms with van der Waals surface area (Å²) in [6, 6.07) is 8.86. The molecule has 1 aromatic carbocycles. The van der Waals surface area contributed by atoms with Crippen LogP contribution in [0.3, 0.4) is 0 Å². The van der Waals surface area contributed by atoms with E-state index in [1.54, 1.807) is 30.3 Å². The molecule has 1 N–H and O–H groups in total. The van der Waals surface area contributed by atoms with Gasteiger partial charge in [-0.15, -0.1) is 0 Å². The van der Waals surface area contributed by atoms with Gasteiger partial charge >= 0.3 is 21.3 Å². The van der Waals surface area contributed by atoms with E-state index in [1.807, 2.05) is 0 Å². The van der Waals surface area contributed by atoms with E-state index >= 15 is 0 Å². The molecule has 0 aliphatic rings. The lowest BCUT2D eigenvalue weighted by atomic mass is 10.2. The number of hydrogen-bond donors (Lipinski definition) is 1. The minimum absolute atomic E-state index is 0.770. The molecule has 0 aromatic heterocycles. The molecule has 0 saturated carbocycles. The van der Waals surface area contributed by atoms with Gasteiger partial charge in [-0.3, -0.25) is 0 Å². The van der Waals surface area contributed by atoms with E-state index in [9.17, 15) is 18.0 Å². The molecule has 0 unspecified atom stereocenters. The highest BCUT2D eigenvalue weighted by Crippen LogP contribution is 2.08. The van der Waals surface area contributed by atoms with E-state index in [1.165, 1.54) is 12.2 Å². The monoisotopic (exact) mass is 316 g/mol. The van der Waals surface area contributed by atoms with Crippen molar-refractivity contribution in [2.24, 2.45) is 0 Å². The first-order valence-electron chi connectivity index (χ1n) is 5.14. The average molecular weight is 317 g/mol. The Morgan fingerprint density at radius 1 is 1.20 bits per heavy atom. The van der Waals surface area contributed by atoms with Crippen molar-refractivity contribution in [3.05, 3.63) is 53.6 Å². The highest BCUT2D eigenvalue weighted by molar-refractivity contribution is 8.10. The van der Waals surface area contributed by atoms with Crippen LogP contribution in [0.1, 0.15) is 5.56 Å². The smallest absolute Gasteiger partial charge is 0.404 e. The SMILES string of the molecule is O=C(O)C(=CC=Cc1ccccc1)C(=O)OS(=O)(=O)Cl. The van der Waals surface area contributed by atoms with Crippen LogP contribution >= 0.6 is 10.7 Å². The highest BCUT2D eigenvalue weighted by Gasteiger charge is 2.23. The molecular formula is C12H9ClO6S. The van der Waals surface area contributed by atoms with Gasteiger partial charge in [0.2, 0.25) is 0 Å². The Hall–Kier alpha value is -2.12. The van der Waals surface area contributed by atoms with Crippen LogP contribution in [0, 0.1) is 0 Å². The standard InChI is InChI=1S/C12H9ClO6S/c13-20(17,18)19-12(16)10(11(14)15)8-4-7-9-5-2-1-3-6-9/h1-8H,(H,14,15). The lowest BCUT2D eigenvalue weighted by Crippen LogP contribution is -2.16. The number of allylic oxidation sites excluding steroid dienone is 2. The first-order valence-corrected chi connectivity index (χ1v) is 7.38. The van der Waals surface area contributed by atoms with Crippen molar-refractivity contribution >= 4 is 38.0 Å². The molecule has 8 heteroatoms. The van der Waals surface area contributed by atoms with Gasteiger partial charge in [0.1, 0.15) is 5.57 Å². The maximum absolute atomic E-state index is 11.3. The maximum atomic E-state index is 11.3. The van der Waals surface area contributed by atoms with E-state index in [0.29, 0.717) is 0 Å². The summed E-state index contributed by atoms with van der Waals surface area (Å²) in [6.07, 6.45) is 3.73. The number of benzene rings is 1. The summed E-state index contributed by atoms with van der Waals surface area (Å²) in [4.78, 5) is 22.1. The van der Waals surface area contributed by atoms with Gasteiger partial charge in [-0.25, -0.2) is 9.59 Å². The van der Waals surface area contributed by atoms with E-state index in [-0.39, 0.29) is 0 Å². The summed E-state index contributed by atoms with van der Waals surface area (Å²) in [5.41, 5.74) is -0.0896. The molecule has 0 saturated heterocycles.